The van der Waals surface area contributed by atoms with Crippen LogP contribution in [-0.4, -0.2) is 12.6 Å². The van der Waals surface area contributed by atoms with E-state index >= 15 is 0 Å². The fourth-order valence-electron chi connectivity index (χ4n) is 2.00. The maximum atomic E-state index is 6.06. The van der Waals surface area contributed by atoms with E-state index in [1.54, 1.807) is 0 Å². The summed E-state index contributed by atoms with van der Waals surface area (Å²) in [6.45, 7) is 1.00. The summed E-state index contributed by atoms with van der Waals surface area (Å²) < 4.78 is 6.49. The number of halogens is 2. The lowest BCUT2D eigenvalue weighted by Crippen LogP contribution is -2.19. The summed E-state index contributed by atoms with van der Waals surface area (Å²) in [4.78, 5) is 0. The lowest BCUT2D eigenvalue weighted by Gasteiger charge is -2.01. The first-order valence-corrected chi connectivity index (χ1v) is 6.99. The monoisotopic (exact) mass is 313 g/mol. The number of nitrogens with one attached hydrogen (secondary N) is 1. The topological polar surface area (TPSA) is 25.2 Å². The highest BCUT2D eigenvalue weighted by atomic mass is 79.9. The standard InChI is InChI=1S/C13H13BrClNO/c14-12-6-9(15)5-11-8(7-17-13(11)12)3-4-16-10-1-2-10/h5-7,10,16H,1-4H2. The van der Waals surface area contributed by atoms with Gasteiger partial charge in [-0.2, -0.15) is 0 Å². The predicted octanol–water partition coefficient (Wildman–Crippen LogP) is 4.14. The Bertz CT molecular complexity index is 548. The molecule has 2 nitrogen and oxygen atoms in total. The Hall–Kier alpha value is -0.510. The van der Waals surface area contributed by atoms with E-state index in [0.29, 0.717) is 0 Å². The molecule has 1 N–H and O–H groups in total. The number of rotatable bonds is 4. The summed E-state index contributed by atoms with van der Waals surface area (Å²) in [6, 6.07) is 4.58. The summed E-state index contributed by atoms with van der Waals surface area (Å²) in [5, 5.41) is 5.35. The molecule has 0 unspecified atom stereocenters. The van der Waals surface area contributed by atoms with Gasteiger partial charge in [0.05, 0.1) is 10.7 Å². The zero-order valence-electron chi connectivity index (χ0n) is 9.30. The highest BCUT2D eigenvalue weighted by Gasteiger charge is 2.20. The molecular formula is C13H13BrClNO. The van der Waals surface area contributed by atoms with Crippen molar-refractivity contribution < 1.29 is 4.42 Å². The first kappa shape index (κ1) is 11.6. The van der Waals surface area contributed by atoms with Crippen molar-refractivity contribution in [2.45, 2.75) is 25.3 Å². The number of hydrogen-bond acceptors (Lipinski definition) is 2. The quantitative estimate of drug-likeness (QED) is 0.917. The zero-order chi connectivity index (χ0) is 11.8. The molecule has 1 aromatic carbocycles. The van der Waals surface area contributed by atoms with Crippen LogP contribution in [0.3, 0.4) is 0 Å². The smallest absolute Gasteiger partial charge is 0.148 e. The third kappa shape index (κ3) is 2.51. The van der Waals surface area contributed by atoms with Crippen LogP contribution in [0, 0.1) is 0 Å². The van der Waals surface area contributed by atoms with Crippen LogP contribution in [0.1, 0.15) is 18.4 Å². The van der Waals surface area contributed by atoms with Gasteiger partial charge >= 0.3 is 0 Å². The molecule has 1 aromatic heterocycles. The van der Waals surface area contributed by atoms with Gasteiger partial charge in [-0.3, -0.25) is 0 Å². The van der Waals surface area contributed by atoms with Crippen molar-refractivity contribution in [2.24, 2.45) is 0 Å². The molecule has 90 valence electrons. The summed E-state index contributed by atoms with van der Waals surface area (Å²) in [5.41, 5.74) is 2.10. The van der Waals surface area contributed by atoms with E-state index in [0.717, 1.165) is 39.5 Å². The van der Waals surface area contributed by atoms with Gasteiger partial charge in [0.15, 0.2) is 0 Å². The van der Waals surface area contributed by atoms with Crippen molar-refractivity contribution in [1.29, 1.82) is 0 Å². The van der Waals surface area contributed by atoms with Crippen LogP contribution in [0.15, 0.2) is 27.3 Å². The zero-order valence-corrected chi connectivity index (χ0v) is 11.6. The second-order valence-electron chi connectivity index (χ2n) is 4.50. The van der Waals surface area contributed by atoms with Crippen LogP contribution in [0.25, 0.3) is 11.0 Å². The van der Waals surface area contributed by atoms with E-state index in [9.17, 15) is 0 Å². The molecule has 17 heavy (non-hydrogen) atoms. The van der Waals surface area contributed by atoms with E-state index < -0.39 is 0 Å². The largest absolute Gasteiger partial charge is 0.463 e. The summed E-state index contributed by atoms with van der Waals surface area (Å²) >= 11 is 9.53. The fraction of sp³-hybridized carbons (Fsp3) is 0.385. The first-order valence-electron chi connectivity index (χ1n) is 5.82. The number of benzene rings is 1. The molecule has 1 saturated carbocycles. The highest BCUT2D eigenvalue weighted by Crippen LogP contribution is 2.32. The molecule has 0 spiro atoms. The first-order chi connectivity index (χ1) is 8.24. The third-order valence-electron chi connectivity index (χ3n) is 3.08. The van der Waals surface area contributed by atoms with Crippen molar-refractivity contribution in [3.8, 4) is 0 Å². The Kier molecular flexibility index (Phi) is 3.16. The molecule has 2 aromatic rings. The Balaban J connectivity index is 1.83. The summed E-state index contributed by atoms with van der Waals surface area (Å²) in [6.07, 6.45) is 5.46. The molecule has 0 atom stereocenters. The maximum absolute atomic E-state index is 6.06. The third-order valence-corrected chi connectivity index (χ3v) is 3.89. The van der Waals surface area contributed by atoms with E-state index in [1.807, 2.05) is 18.4 Å². The highest BCUT2D eigenvalue weighted by molar-refractivity contribution is 9.10. The Morgan fingerprint density at radius 3 is 3.00 bits per heavy atom. The predicted molar refractivity (Wildman–Crippen MR) is 73.7 cm³/mol. The van der Waals surface area contributed by atoms with Crippen molar-refractivity contribution in [3.63, 3.8) is 0 Å². The van der Waals surface area contributed by atoms with Gasteiger partial charge in [0.25, 0.3) is 0 Å². The van der Waals surface area contributed by atoms with E-state index in [4.69, 9.17) is 16.0 Å². The average Bonchev–Trinajstić information content (AvgIpc) is 3.01. The Morgan fingerprint density at radius 1 is 1.41 bits per heavy atom. The van der Waals surface area contributed by atoms with Gasteiger partial charge < -0.3 is 9.73 Å². The van der Waals surface area contributed by atoms with E-state index in [-0.39, 0.29) is 0 Å². The molecule has 1 heterocycles. The Labute approximate surface area is 113 Å². The van der Waals surface area contributed by atoms with Crippen LogP contribution in [-0.2, 0) is 6.42 Å². The second-order valence-corrected chi connectivity index (χ2v) is 5.79. The van der Waals surface area contributed by atoms with E-state index in [1.165, 1.54) is 18.4 Å². The molecular weight excluding hydrogens is 302 g/mol. The minimum Gasteiger partial charge on any atom is -0.463 e. The minimum atomic E-state index is 0.738. The SMILES string of the molecule is Clc1cc(Br)c2occ(CCNC3CC3)c2c1. The van der Waals surface area contributed by atoms with Crippen molar-refractivity contribution in [1.82, 2.24) is 5.32 Å². The molecule has 4 heteroatoms. The summed E-state index contributed by atoms with van der Waals surface area (Å²) in [7, 11) is 0. The van der Waals surface area contributed by atoms with Gasteiger partial charge in [0.1, 0.15) is 5.58 Å². The van der Waals surface area contributed by atoms with Crippen LogP contribution in [0.5, 0.6) is 0 Å². The molecule has 3 rings (SSSR count). The van der Waals surface area contributed by atoms with Crippen LogP contribution >= 0.6 is 27.5 Å². The lowest BCUT2D eigenvalue weighted by atomic mass is 10.1. The van der Waals surface area contributed by atoms with Gasteiger partial charge in [0.2, 0.25) is 0 Å². The van der Waals surface area contributed by atoms with Crippen molar-refractivity contribution >= 4 is 38.5 Å². The van der Waals surface area contributed by atoms with Gasteiger partial charge in [-0.05, 0) is 59.4 Å². The average molecular weight is 315 g/mol. The normalized spacial score (nSPS) is 15.6. The molecule has 0 amide bonds. The van der Waals surface area contributed by atoms with Crippen LogP contribution in [0.2, 0.25) is 5.02 Å². The van der Waals surface area contributed by atoms with Crippen LogP contribution < -0.4 is 5.32 Å². The molecule has 1 aliphatic carbocycles. The van der Waals surface area contributed by atoms with Gasteiger partial charge in [-0.25, -0.2) is 0 Å². The van der Waals surface area contributed by atoms with Crippen LogP contribution in [0.4, 0.5) is 0 Å². The summed E-state index contributed by atoms with van der Waals surface area (Å²) in [5.74, 6) is 0. The van der Waals surface area contributed by atoms with Gasteiger partial charge in [-0.15, -0.1) is 0 Å². The maximum Gasteiger partial charge on any atom is 0.148 e. The molecule has 0 aliphatic heterocycles. The minimum absolute atomic E-state index is 0.738. The molecule has 1 aliphatic rings. The Morgan fingerprint density at radius 2 is 2.24 bits per heavy atom. The number of fused-ring (bicyclic) bond motifs is 1. The number of hydrogen-bond donors (Lipinski definition) is 1. The number of furan rings is 1. The van der Waals surface area contributed by atoms with Gasteiger partial charge in [-0.1, -0.05) is 11.6 Å². The van der Waals surface area contributed by atoms with Gasteiger partial charge in [0, 0.05) is 16.5 Å². The van der Waals surface area contributed by atoms with E-state index in [2.05, 4.69) is 21.2 Å². The molecule has 0 bridgehead atoms. The van der Waals surface area contributed by atoms with Crippen molar-refractivity contribution in [2.75, 3.05) is 6.54 Å². The molecule has 0 radical (unpaired) electrons. The lowest BCUT2D eigenvalue weighted by molar-refractivity contribution is 0.604. The van der Waals surface area contributed by atoms with Crippen molar-refractivity contribution in [3.05, 3.63) is 33.5 Å². The fourth-order valence-corrected chi connectivity index (χ4v) is 2.91. The second kappa shape index (κ2) is 4.63. The molecule has 0 saturated heterocycles. The molecule has 1 fully saturated rings.